The van der Waals surface area contributed by atoms with Crippen LogP contribution < -0.4 is 5.32 Å². The van der Waals surface area contributed by atoms with Gasteiger partial charge in [-0.15, -0.1) is 0 Å². The van der Waals surface area contributed by atoms with E-state index >= 15 is 0 Å². The Morgan fingerprint density at radius 1 is 1.43 bits per heavy atom. The van der Waals surface area contributed by atoms with Gasteiger partial charge >= 0.3 is 0 Å². The molecule has 0 unspecified atom stereocenters. The minimum atomic E-state index is -0.317. The maximum atomic E-state index is 11.0. The van der Waals surface area contributed by atoms with Crippen molar-refractivity contribution in [2.24, 2.45) is 0 Å². The monoisotopic (exact) mass is 291 g/mol. The number of nitro benzene ring substituents is 1. The summed E-state index contributed by atoms with van der Waals surface area (Å²) in [6.07, 6.45) is 3.41. The third kappa shape index (κ3) is 3.73. The van der Waals surface area contributed by atoms with E-state index in [1.807, 2.05) is 6.07 Å². The number of hydrogen-bond donors (Lipinski definition) is 1. The second-order valence-corrected chi connectivity index (χ2v) is 6.36. The lowest BCUT2D eigenvalue weighted by atomic mass is 10.0. The van der Waals surface area contributed by atoms with Gasteiger partial charge in [0.15, 0.2) is 0 Å². The minimum Gasteiger partial charge on any atom is -0.385 e. The van der Waals surface area contributed by atoms with Crippen LogP contribution in [-0.2, 0) is 6.54 Å². The standard InChI is InChI=1S/C16H25N3O2/c1-4-9-17-15-7-6-14(19(20)21)11-13(15)12-18-10-5-8-16(18,2)3/h6-7,11,17H,4-5,8-10,12H2,1-3H3. The van der Waals surface area contributed by atoms with Crippen LogP contribution in [0.2, 0.25) is 0 Å². The van der Waals surface area contributed by atoms with Gasteiger partial charge < -0.3 is 5.32 Å². The fourth-order valence-corrected chi connectivity index (χ4v) is 2.92. The van der Waals surface area contributed by atoms with E-state index in [-0.39, 0.29) is 16.1 Å². The van der Waals surface area contributed by atoms with Crippen LogP contribution in [0.4, 0.5) is 11.4 Å². The third-order valence-electron chi connectivity index (χ3n) is 4.30. The Labute approximate surface area is 126 Å². The molecular weight excluding hydrogens is 266 g/mol. The molecule has 5 heteroatoms. The van der Waals surface area contributed by atoms with Crippen molar-refractivity contribution in [2.75, 3.05) is 18.4 Å². The van der Waals surface area contributed by atoms with E-state index in [2.05, 4.69) is 31.0 Å². The van der Waals surface area contributed by atoms with Crippen molar-refractivity contribution in [1.29, 1.82) is 0 Å². The van der Waals surface area contributed by atoms with Gasteiger partial charge in [0.05, 0.1) is 4.92 Å². The summed E-state index contributed by atoms with van der Waals surface area (Å²) < 4.78 is 0. The zero-order valence-electron chi connectivity index (χ0n) is 13.2. The molecule has 0 aromatic heterocycles. The molecule has 2 rings (SSSR count). The van der Waals surface area contributed by atoms with Gasteiger partial charge in [0.2, 0.25) is 0 Å². The molecule has 0 bridgehead atoms. The maximum Gasteiger partial charge on any atom is 0.269 e. The minimum absolute atomic E-state index is 0.170. The van der Waals surface area contributed by atoms with E-state index in [4.69, 9.17) is 0 Å². The van der Waals surface area contributed by atoms with Crippen LogP contribution in [0.3, 0.4) is 0 Å². The normalized spacial score (nSPS) is 17.9. The molecule has 1 fully saturated rings. The van der Waals surface area contributed by atoms with Gasteiger partial charge in [-0.25, -0.2) is 0 Å². The Balaban J connectivity index is 2.25. The van der Waals surface area contributed by atoms with Crippen molar-refractivity contribution >= 4 is 11.4 Å². The lowest BCUT2D eigenvalue weighted by Gasteiger charge is -2.32. The number of non-ortho nitro benzene ring substituents is 1. The summed E-state index contributed by atoms with van der Waals surface area (Å²) in [6, 6.07) is 5.13. The van der Waals surface area contributed by atoms with Gasteiger partial charge in [-0.3, -0.25) is 15.0 Å². The molecule has 5 nitrogen and oxygen atoms in total. The van der Waals surface area contributed by atoms with Crippen molar-refractivity contribution < 1.29 is 4.92 Å². The summed E-state index contributed by atoms with van der Waals surface area (Å²) in [4.78, 5) is 13.1. The first-order valence-electron chi connectivity index (χ1n) is 7.70. The van der Waals surface area contributed by atoms with Crippen molar-refractivity contribution in [2.45, 2.75) is 52.1 Å². The highest BCUT2D eigenvalue weighted by molar-refractivity contribution is 5.56. The predicted molar refractivity (Wildman–Crippen MR) is 85.6 cm³/mol. The van der Waals surface area contributed by atoms with Crippen LogP contribution in [0.1, 0.15) is 45.6 Å². The molecule has 0 aliphatic carbocycles. The highest BCUT2D eigenvalue weighted by atomic mass is 16.6. The SMILES string of the molecule is CCCNc1ccc([N+](=O)[O-])cc1CN1CCCC1(C)C. The molecule has 116 valence electrons. The van der Waals surface area contributed by atoms with Gasteiger partial charge in [-0.1, -0.05) is 6.92 Å². The van der Waals surface area contributed by atoms with Crippen LogP contribution in [0.25, 0.3) is 0 Å². The molecule has 1 aliphatic rings. The lowest BCUT2D eigenvalue weighted by Crippen LogP contribution is -2.37. The highest BCUT2D eigenvalue weighted by Gasteiger charge is 2.32. The van der Waals surface area contributed by atoms with Crippen molar-refractivity contribution in [3.8, 4) is 0 Å². The Bertz CT molecular complexity index is 514. The second-order valence-electron chi connectivity index (χ2n) is 6.36. The van der Waals surface area contributed by atoms with Gasteiger partial charge in [0, 0.05) is 36.4 Å². The number of nitrogens with one attached hydrogen (secondary N) is 1. The van der Waals surface area contributed by atoms with E-state index in [1.165, 1.54) is 12.8 Å². The molecule has 1 aromatic rings. The van der Waals surface area contributed by atoms with Crippen molar-refractivity contribution in [3.05, 3.63) is 33.9 Å². The van der Waals surface area contributed by atoms with Gasteiger partial charge in [-0.2, -0.15) is 0 Å². The van der Waals surface area contributed by atoms with Crippen LogP contribution in [0.15, 0.2) is 18.2 Å². The van der Waals surface area contributed by atoms with Crippen molar-refractivity contribution in [3.63, 3.8) is 0 Å². The number of hydrogen-bond acceptors (Lipinski definition) is 4. The number of benzene rings is 1. The molecule has 0 saturated carbocycles. The third-order valence-corrected chi connectivity index (χ3v) is 4.30. The number of anilines is 1. The van der Waals surface area contributed by atoms with Gasteiger partial charge in [0.25, 0.3) is 5.69 Å². The first-order valence-corrected chi connectivity index (χ1v) is 7.70. The molecule has 1 heterocycles. The molecule has 0 atom stereocenters. The Hall–Kier alpha value is -1.62. The molecule has 0 spiro atoms. The Morgan fingerprint density at radius 2 is 2.19 bits per heavy atom. The Kier molecular flexibility index (Phi) is 4.83. The molecule has 1 aromatic carbocycles. The summed E-state index contributed by atoms with van der Waals surface area (Å²) in [6.45, 7) is 9.31. The topological polar surface area (TPSA) is 58.4 Å². The molecule has 21 heavy (non-hydrogen) atoms. The summed E-state index contributed by atoms with van der Waals surface area (Å²) in [5, 5.41) is 14.4. The average Bonchev–Trinajstić information content (AvgIpc) is 2.76. The fraction of sp³-hybridized carbons (Fsp3) is 0.625. The number of likely N-dealkylation sites (tertiary alicyclic amines) is 1. The first kappa shape index (κ1) is 15.8. The maximum absolute atomic E-state index is 11.0. The molecule has 1 aliphatic heterocycles. The van der Waals surface area contributed by atoms with Crippen LogP contribution in [0.5, 0.6) is 0 Å². The van der Waals surface area contributed by atoms with Crippen LogP contribution in [-0.4, -0.2) is 28.5 Å². The smallest absolute Gasteiger partial charge is 0.269 e. The molecule has 1 saturated heterocycles. The van der Waals surface area contributed by atoms with Crippen LogP contribution in [0, 0.1) is 10.1 Å². The zero-order chi connectivity index (χ0) is 15.5. The number of rotatable bonds is 6. The lowest BCUT2D eigenvalue weighted by molar-refractivity contribution is -0.384. The number of nitrogens with zero attached hydrogens (tertiary/aromatic N) is 2. The zero-order valence-corrected chi connectivity index (χ0v) is 13.2. The van der Waals surface area contributed by atoms with E-state index in [1.54, 1.807) is 12.1 Å². The number of nitro groups is 1. The summed E-state index contributed by atoms with van der Waals surface area (Å²) in [7, 11) is 0. The summed E-state index contributed by atoms with van der Waals surface area (Å²) >= 11 is 0. The Morgan fingerprint density at radius 3 is 2.76 bits per heavy atom. The molecule has 1 N–H and O–H groups in total. The molecule has 0 radical (unpaired) electrons. The predicted octanol–water partition coefficient (Wildman–Crippen LogP) is 3.79. The summed E-state index contributed by atoms with van der Waals surface area (Å²) in [5.41, 5.74) is 2.38. The van der Waals surface area contributed by atoms with E-state index in [9.17, 15) is 10.1 Å². The first-order chi connectivity index (χ1) is 9.94. The van der Waals surface area contributed by atoms with E-state index in [0.717, 1.165) is 37.3 Å². The molecular formula is C16H25N3O2. The van der Waals surface area contributed by atoms with Crippen LogP contribution >= 0.6 is 0 Å². The largest absolute Gasteiger partial charge is 0.385 e. The van der Waals surface area contributed by atoms with Crippen molar-refractivity contribution in [1.82, 2.24) is 4.90 Å². The van der Waals surface area contributed by atoms with E-state index in [0.29, 0.717) is 0 Å². The molecule has 0 amide bonds. The fourth-order valence-electron chi connectivity index (χ4n) is 2.92. The second kappa shape index (κ2) is 6.43. The van der Waals surface area contributed by atoms with Gasteiger partial charge in [0.1, 0.15) is 0 Å². The average molecular weight is 291 g/mol. The van der Waals surface area contributed by atoms with E-state index < -0.39 is 0 Å². The quantitative estimate of drug-likeness (QED) is 0.640. The highest BCUT2D eigenvalue weighted by Crippen LogP contribution is 2.32. The van der Waals surface area contributed by atoms with Gasteiger partial charge in [-0.05, 0) is 51.3 Å². The summed E-state index contributed by atoms with van der Waals surface area (Å²) in [5.74, 6) is 0.